The molecule has 3 aromatic rings. The Hall–Kier alpha value is -3.15. The minimum Gasteiger partial charge on any atom is -0.497 e. The molecule has 0 bridgehead atoms. The van der Waals surface area contributed by atoms with Crippen molar-refractivity contribution in [3.8, 4) is 16.9 Å². The number of carbonyl (C=O) groups is 1. The van der Waals surface area contributed by atoms with Crippen molar-refractivity contribution in [3.05, 3.63) is 53.8 Å². The number of carboxylic acids is 1. The van der Waals surface area contributed by atoms with Crippen molar-refractivity contribution in [2.24, 2.45) is 0 Å². The Morgan fingerprint density at radius 1 is 1.26 bits per heavy atom. The van der Waals surface area contributed by atoms with Crippen LogP contribution < -0.4 is 10.5 Å². The molecule has 1 aromatic heterocycles. The third kappa shape index (κ3) is 2.44. The van der Waals surface area contributed by atoms with Crippen LogP contribution >= 0.6 is 0 Å². The maximum absolute atomic E-state index is 14.2. The second kappa shape index (κ2) is 5.57. The predicted molar refractivity (Wildman–Crippen MR) is 85.1 cm³/mol. The Bertz CT molecular complexity index is 925. The number of halogens is 1. The minimum absolute atomic E-state index is 0.161. The summed E-state index contributed by atoms with van der Waals surface area (Å²) >= 11 is 0. The molecule has 0 atom stereocenters. The number of nitrogens with zero attached hydrogens (tertiary/aromatic N) is 1. The smallest absolute Gasteiger partial charge is 0.340 e. The van der Waals surface area contributed by atoms with Crippen LogP contribution in [-0.4, -0.2) is 23.2 Å². The first-order valence-electron chi connectivity index (χ1n) is 6.78. The molecule has 2 aromatic carbocycles. The van der Waals surface area contributed by atoms with Gasteiger partial charge in [0.1, 0.15) is 22.9 Å². The standard InChI is InChI=1S/C17H13FN2O3/c1-23-9-6-7-11-13(8-9)20-16(19)15(17(21)22)14(11)10-4-2-3-5-12(10)18/h2-8H,1H3,(H2,19,20)(H,21,22). The van der Waals surface area contributed by atoms with E-state index >= 15 is 0 Å². The lowest BCUT2D eigenvalue weighted by Gasteiger charge is -2.14. The highest BCUT2D eigenvalue weighted by Gasteiger charge is 2.22. The summed E-state index contributed by atoms with van der Waals surface area (Å²) < 4.78 is 19.4. The van der Waals surface area contributed by atoms with Gasteiger partial charge < -0.3 is 15.6 Å². The van der Waals surface area contributed by atoms with Gasteiger partial charge in [-0.15, -0.1) is 0 Å². The van der Waals surface area contributed by atoms with Crippen LogP contribution in [0.15, 0.2) is 42.5 Å². The number of anilines is 1. The maximum atomic E-state index is 14.2. The lowest BCUT2D eigenvalue weighted by Crippen LogP contribution is -2.08. The molecule has 0 aliphatic carbocycles. The average molecular weight is 312 g/mol. The molecular formula is C17H13FN2O3. The molecule has 0 amide bonds. The summed E-state index contributed by atoms with van der Waals surface area (Å²) in [5.41, 5.74) is 6.40. The minimum atomic E-state index is -1.26. The van der Waals surface area contributed by atoms with E-state index in [1.807, 2.05) is 0 Å². The van der Waals surface area contributed by atoms with E-state index in [4.69, 9.17) is 10.5 Å². The fraction of sp³-hybridized carbons (Fsp3) is 0.0588. The molecule has 0 spiro atoms. The number of fused-ring (bicyclic) bond motifs is 1. The Balaban J connectivity index is 2.47. The monoisotopic (exact) mass is 312 g/mol. The zero-order valence-corrected chi connectivity index (χ0v) is 12.2. The highest BCUT2D eigenvalue weighted by atomic mass is 19.1. The molecule has 0 unspecified atom stereocenters. The first-order chi connectivity index (χ1) is 11.0. The molecule has 0 fully saturated rings. The summed E-state index contributed by atoms with van der Waals surface area (Å²) in [6, 6.07) is 10.9. The van der Waals surface area contributed by atoms with Crippen molar-refractivity contribution in [2.75, 3.05) is 12.8 Å². The molecule has 116 valence electrons. The number of benzene rings is 2. The number of nitrogen functional groups attached to an aromatic ring is 1. The van der Waals surface area contributed by atoms with Gasteiger partial charge in [-0.05, 0) is 18.2 Å². The zero-order chi connectivity index (χ0) is 16.6. The van der Waals surface area contributed by atoms with Gasteiger partial charge in [0, 0.05) is 22.6 Å². The number of hydrogen-bond acceptors (Lipinski definition) is 4. The van der Waals surface area contributed by atoms with Gasteiger partial charge in [0.25, 0.3) is 0 Å². The second-order valence-corrected chi connectivity index (χ2v) is 4.92. The van der Waals surface area contributed by atoms with Crippen LogP contribution in [0.3, 0.4) is 0 Å². The largest absolute Gasteiger partial charge is 0.497 e. The van der Waals surface area contributed by atoms with E-state index in [1.54, 1.807) is 24.3 Å². The van der Waals surface area contributed by atoms with Crippen LogP contribution in [0.2, 0.25) is 0 Å². The van der Waals surface area contributed by atoms with Crippen molar-refractivity contribution in [1.82, 2.24) is 4.98 Å². The molecule has 3 rings (SSSR count). The average Bonchev–Trinajstić information content (AvgIpc) is 2.53. The van der Waals surface area contributed by atoms with Crippen molar-refractivity contribution < 1.29 is 19.0 Å². The first-order valence-corrected chi connectivity index (χ1v) is 6.78. The third-order valence-electron chi connectivity index (χ3n) is 3.58. The number of aromatic carboxylic acids is 1. The van der Waals surface area contributed by atoms with Crippen molar-refractivity contribution in [2.45, 2.75) is 0 Å². The molecule has 1 heterocycles. The van der Waals surface area contributed by atoms with Crippen molar-refractivity contribution in [1.29, 1.82) is 0 Å². The molecule has 0 radical (unpaired) electrons. The van der Waals surface area contributed by atoms with E-state index in [2.05, 4.69) is 4.98 Å². The molecule has 0 saturated carbocycles. The van der Waals surface area contributed by atoms with Gasteiger partial charge in [0.05, 0.1) is 12.6 Å². The number of ether oxygens (including phenoxy) is 1. The third-order valence-corrected chi connectivity index (χ3v) is 3.58. The number of nitrogens with two attached hydrogens (primary N) is 1. The Labute approximate surface area is 131 Å². The van der Waals surface area contributed by atoms with Gasteiger partial charge in [-0.25, -0.2) is 14.2 Å². The van der Waals surface area contributed by atoms with Crippen LogP contribution in [0.4, 0.5) is 10.2 Å². The molecule has 6 heteroatoms. The Kier molecular flexibility index (Phi) is 3.57. The predicted octanol–water partition coefficient (Wildman–Crippen LogP) is 3.33. The fourth-order valence-electron chi connectivity index (χ4n) is 2.55. The molecule has 3 N–H and O–H groups in total. The molecule has 0 aliphatic rings. The van der Waals surface area contributed by atoms with Crippen LogP contribution in [-0.2, 0) is 0 Å². The fourth-order valence-corrected chi connectivity index (χ4v) is 2.55. The SMILES string of the molecule is COc1ccc2c(-c3ccccc3F)c(C(=O)O)c(N)nc2c1. The first kappa shape index (κ1) is 14.8. The highest BCUT2D eigenvalue weighted by molar-refractivity contribution is 6.10. The van der Waals surface area contributed by atoms with Gasteiger partial charge >= 0.3 is 5.97 Å². The van der Waals surface area contributed by atoms with E-state index in [0.717, 1.165) is 0 Å². The number of aromatic nitrogens is 1. The Morgan fingerprint density at radius 2 is 2.00 bits per heavy atom. The normalized spacial score (nSPS) is 10.7. The number of carboxylic acid groups (broad SMARTS) is 1. The summed E-state index contributed by atoms with van der Waals surface area (Å²) in [7, 11) is 1.51. The van der Waals surface area contributed by atoms with Gasteiger partial charge in [-0.2, -0.15) is 0 Å². The number of methoxy groups -OCH3 is 1. The van der Waals surface area contributed by atoms with Crippen molar-refractivity contribution >= 4 is 22.7 Å². The topological polar surface area (TPSA) is 85.4 Å². The molecule has 5 nitrogen and oxygen atoms in total. The molecular weight excluding hydrogens is 299 g/mol. The second-order valence-electron chi connectivity index (χ2n) is 4.92. The van der Waals surface area contributed by atoms with Gasteiger partial charge in [-0.3, -0.25) is 0 Å². The lowest BCUT2D eigenvalue weighted by molar-refractivity contribution is 0.0698. The Morgan fingerprint density at radius 3 is 2.65 bits per heavy atom. The number of hydrogen-bond donors (Lipinski definition) is 2. The maximum Gasteiger partial charge on any atom is 0.340 e. The number of rotatable bonds is 3. The highest BCUT2D eigenvalue weighted by Crippen LogP contribution is 2.36. The van der Waals surface area contributed by atoms with Gasteiger partial charge in [0.15, 0.2) is 0 Å². The summed E-state index contributed by atoms with van der Waals surface area (Å²) in [6.07, 6.45) is 0. The molecule has 0 saturated heterocycles. The van der Waals surface area contributed by atoms with E-state index in [0.29, 0.717) is 16.7 Å². The summed E-state index contributed by atoms with van der Waals surface area (Å²) in [4.78, 5) is 15.7. The van der Waals surface area contributed by atoms with Crippen LogP contribution in [0.5, 0.6) is 5.75 Å². The van der Waals surface area contributed by atoms with E-state index in [9.17, 15) is 14.3 Å². The van der Waals surface area contributed by atoms with Gasteiger partial charge in [-0.1, -0.05) is 18.2 Å². The molecule has 0 aliphatic heterocycles. The van der Waals surface area contributed by atoms with Gasteiger partial charge in [0.2, 0.25) is 0 Å². The summed E-state index contributed by atoms with van der Waals surface area (Å²) in [5.74, 6) is -1.41. The van der Waals surface area contributed by atoms with Crippen LogP contribution in [0.1, 0.15) is 10.4 Å². The van der Waals surface area contributed by atoms with Crippen LogP contribution in [0, 0.1) is 5.82 Å². The van der Waals surface area contributed by atoms with Crippen LogP contribution in [0.25, 0.3) is 22.0 Å². The summed E-state index contributed by atoms with van der Waals surface area (Å²) in [6.45, 7) is 0. The number of pyridine rings is 1. The zero-order valence-electron chi connectivity index (χ0n) is 12.2. The molecule has 23 heavy (non-hydrogen) atoms. The van der Waals surface area contributed by atoms with Crippen molar-refractivity contribution in [3.63, 3.8) is 0 Å². The van der Waals surface area contributed by atoms with E-state index in [-0.39, 0.29) is 22.5 Å². The lowest BCUT2D eigenvalue weighted by atomic mass is 9.95. The summed E-state index contributed by atoms with van der Waals surface area (Å²) in [5, 5.41) is 9.98. The van der Waals surface area contributed by atoms with E-state index in [1.165, 1.54) is 25.3 Å². The van der Waals surface area contributed by atoms with E-state index < -0.39 is 11.8 Å². The quantitative estimate of drug-likeness (QED) is 0.775.